The van der Waals surface area contributed by atoms with E-state index >= 15 is 0 Å². The first-order valence-corrected chi connectivity index (χ1v) is 7.44. The van der Waals surface area contributed by atoms with Gasteiger partial charge in [0, 0.05) is 38.1 Å². The lowest BCUT2D eigenvalue weighted by Gasteiger charge is -2.38. The number of rotatable bonds is 3. The van der Waals surface area contributed by atoms with Gasteiger partial charge in [-0.3, -0.25) is 9.59 Å². The van der Waals surface area contributed by atoms with Crippen LogP contribution < -0.4 is 5.73 Å². The number of nitrogens with two attached hydrogens (primary N) is 1. The molecule has 0 aromatic heterocycles. The molecular weight excluding hydrogens is 290 g/mol. The van der Waals surface area contributed by atoms with Gasteiger partial charge in [-0.1, -0.05) is 20.8 Å². The van der Waals surface area contributed by atoms with Crippen LogP contribution in [0.25, 0.3) is 0 Å². The number of likely N-dealkylation sites (N-methyl/N-ethyl adjacent to an activating group) is 1. The molecule has 5 nitrogen and oxygen atoms in total. The molecule has 0 aliphatic carbocycles. The van der Waals surface area contributed by atoms with Crippen molar-refractivity contribution in [2.24, 2.45) is 17.1 Å². The predicted molar refractivity (Wildman–Crippen MR) is 87.3 cm³/mol. The third kappa shape index (κ3) is 5.15. The maximum absolute atomic E-state index is 12.4. The first-order valence-electron chi connectivity index (χ1n) is 7.44. The fraction of sp³-hybridized carbons (Fsp3) is 0.867. The molecule has 1 aliphatic rings. The number of hydrogen-bond acceptors (Lipinski definition) is 3. The number of halogens is 1. The van der Waals surface area contributed by atoms with Crippen LogP contribution in [0, 0.1) is 11.3 Å². The van der Waals surface area contributed by atoms with Crippen molar-refractivity contribution in [2.75, 3.05) is 26.7 Å². The molecule has 1 saturated heterocycles. The quantitative estimate of drug-likeness (QED) is 0.857. The highest BCUT2D eigenvalue weighted by Gasteiger charge is 2.34. The molecule has 1 aliphatic heterocycles. The fourth-order valence-electron chi connectivity index (χ4n) is 2.50. The first kappa shape index (κ1) is 20.2. The van der Waals surface area contributed by atoms with Crippen molar-refractivity contribution in [3.05, 3.63) is 0 Å². The molecule has 0 aromatic rings. The van der Waals surface area contributed by atoms with Crippen LogP contribution in [0.1, 0.15) is 40.5 Å². The molecule has 124 valence electrons. The Morgan fingerprint density at radius 3 is 2.43 bits per heavy atom. The Bertz CT molecular complexity index is 368. The largest absolute Gasteiger partial charge is 0.341 e. The second-order valence-electron chi connectivity index (χ2n) is 6.87. The summed E-state index contributed by atoms with van der Waals surface area (Å²) >= 11 is 0. The summed E-state index contributed by atoms with van der Waals surface area (Å²) < 4.78 is 0. The van der Waals surface area contributed by atoms with Crippen molar-refractivity contribution in [1.82, 2.24) is 9.80 Å². The van der Waals surface area contributed by atoms with Crippen LogP contribution in [0.5, 0.6) is 0 Å². The Hall–Kier alpha value is -0.810. The van der Waals surface area contributed by atoms with E-state index in [0.717, 1.165) is 19.4 Å². The van der Waals surface area contributed by atoms with Gasteiger partial charge in [0.2, 0.25) is 11.8 Å². The number of likely N-dealkylation sites (tertiary alicyclic amines) is 1. The van der Waals surface area contributed by atoms with Crippen LogP contribution in [0.4, 0.5) is 0 Å². The van der Waals surface area contributed by atoms with Crippen molar-refractivity contribution in [2.45, 2.75) is 46.6 Å². The SMILES string of the molecule is CC(CN)N(C)C(=O)C1CCCN(C(=O)C(C)(C)C)C1.Cl. The molecule has 2 atom stereocenters. The highest BCUT2D eigenvalue weighted by atomic mass is 35.5. The number of piperidine rings is 1. The summed E-state index contributed by atoms with van der Waals surface area (Å²) in [7, 11) is 1.80. The predicted octanol–water partition coefficient (Wildman–Crippen LogP) is 1.50. The van der Waals surface area contributed by atoms with Gasteiger partial charge in [0.15, 0.2) is 0 Å². The molecule has 0 radical (unpaired) electrons. The topological polar surface area (TPSA) is 66.6 Å². The summed E-state index contributed by atoms with van der Waals surface area (Å²) in [5.41, 5.74) is 5.23. The van der Waals surface area contributed by atoms with E-state index < -0.39 is 0 Å². The molecule has 1 fully saturated rings. The molecule has 0 spiro atoms. The summed E-state index contributed by atoms with van der Waals surface area (Å²) in [4.78, 5) is 28.3. The van der Waals surface area contributed by atoms with E-state index in [-0.39, 0.29) is 41.6 Å². The van der Waals surface area contributed by atoms with Crippen LogP contribution >= 0.6 is 12.4 Å². The Morgan fingerprint density at radius 1 is 1.38 bits per heavy atom. The molecule has 1 rings (SSSR count). The average Bonchev–Trinajstić information content (AvgIpc) is 2.43. The molecular formula is C15H30ClN3O2. The Morgan fingerprint density at radius 2 is 1.95 bits per heavy atom. The normalized spacial score (nSPS) is 20.5. The molecule has 6 heteroatoms. The van der Waals surface area contributed by atoms with Crippen molar-refractivity contribution < 1.29 is 9.59 Å². The monoisotopic (exact) mass is 319 g/mol. The van der Waals surface area contributed by atoms with Gasteiger partial charge in [0.25, 0.3) is 0 Å². The fourth-order valence-corrected chi connectivity index (χ4v) is 2.50. The number of amides is 2. The number of carbonyl (C=O) groups is 2. The second-order valence-corrected chi connectivity index (χ2v) is 6.87. The smallest absolute Gasteiger partial charge is 0.227 e. The number of carbonyl (C=O) groups excluding carboxylic acids is 2. The lowest BCUT2D eigenvalue weighted by atomic mass is 9.90. The van der Waals surface area contributed by atoms with Gasteiger partial charge in [-0.15, -0.1) is 12.4 Å². The summed E-state index contributed by atoms with van der Waals surface area (Å²) in [6.45, 7) is 9.46. The van der Waals surface area contributed by atoms with Gasteiger partial charge in [0.05, 0.1) is 5.92 Å². The Kier molecular flexibility index (Phi) is 7.68. The minimum absolute atomic E-state index is 0. The van der Waals surface area contributed by atoms with Crippen molar-refractivity contribution >= 4 is 24.2 Å². The Balaban J connectivity index is 0.00000400. The number of hydrogen-bond donors (Lipinski definition) is 1. The lowest BCUT2D eigenvalue weighted by Crippen LogP contribution is -2.50. The minimum atomic E-state index is -0.388. The average molecular weight is 320 g/mol. The van der Waals surface area contributed by atoms with E-state index in [1.54, 1.807) is 11.9 Å². The van der Waals surface area contributed by atoms with Crippen LogP contribution in [0.2, 0.25) is 0 Å². The van der Waals surface area contributed by atoms with Crippen LogP contribution in [0.15, 0.2) is 0 Å². The molecule has 2 unspecified atom stereocenters. The highest BCUT2D eigenvalue weighted by Crippen LogP contribution is 2.24. The van der Waals surface area contributed by atoms with Gasteiger partial charge in [-0.2, -0.15) is 0 Å². The van der Waals surface area contributed by atoms with Gasteiger partial charge < -0.3 is 15.5 Å². The zero-order valence-corrected chi connectivity index (χ0v) is 14.7. The van der Waals surface area contributed by atoms with Crippen molar-refractivity contribution in [1.29, 1.82) is 0 Å². The third-order valence-corrected chi connectivity index (χ3v) is 4.05. The van der Waals surface area contributed by atoms with Crippen molar-refractivity contribution in [3.63, 3.8) is 0 Å². The molecule has 1 heterocycles. The minimum Gasteiger partial charge on any atom is -0.341 e. The Labute approximate surface area is 134 Å². The van der Waals surface area contributed by atoms with Gasteiger partial charge in [-0.25, -0.2) is 0 Å². The van der Waals surface area contributed by atoms with Gasteiger partial charge >= 0.3 is 0 Å². The standard InChI is InChI=1S/C15H29N3O2.ClH/c1-11(9-16)17(5)13(19)12-7-6-8-18(10-12)14(20)15(2,3)4;/h11-12H,6-10,16H2,1-5H3;1H. The molecule has 0 saturated carbocycles. The molecule has 2 N–H and O–H groups in total. The maximum atomic E-state index is 12.4. The zero-order valence-electron chi connectivity index (χ0n) is 13.9. The van der Waals surface area contributed by atoms with Crippen LogP contribution in [0.3, 0.4) is 0 Å². The van der Waals surface area contributed by atoms with Crippen LogP contribution in [-0.4, -0.2) is 54.3 Å². The summed E-state index contributed by atoms with van der Waals surface area (Å²) in [6, 6.07) is 0.0381. The van der Waals surface area contributed by atoms with Gasteiger partial charge in [0.1, 0.15) is 0 Å². The van der Waals surface area contributed by atoms with Crippen LogP contribution in [-0.2, 0) is 9.59 Å². The van der Waals surface area contributed by atoms with E-state index in [4.69, 9.17) is 5.73 Å². The maximum Gasteiger partial charge on any atom is 0.227 e. The van der Waals surface area contributed by atoms with E-state index in [1.165, 1.54) is 0 Å². The summed E-state index contributed by atoms with van der Waals surface area (Å²) in [5, 5.41) is 0. The molecule has 21 heavy (non-hydrogen) atoms. The highest BCUT2D eigenvalue weighted by molar-refractivity contribution is 5.85. The second kappa shape index (κ2) is 7.99. The van der Waals surface area contributed by atoms with E-state index in [2.05, 4.69) is 0 Å². The number of nitrogens with zero attached hydrogens (tertiary/aromatic N) is 2. The third-order valence-electron chi connectivity index (χ3n) is 4.05. The molecule has 0 aromatic carbocycles. The van der Waals surface area contributed by atoms with Gasteiger partial charge in [-0.05, 0) is 19.8 Å². The molecule has 2 amide bonds. The zero-order chi connectivity index (χ0) is 15.5. The summed E-state index contributed by atoms with van der Waals surface area (Å²) in [5.74, 6) is 0.146. The van der Waals surface area contributed by atoms with E-state index in [1.807, 2.05) is 32.6 Å². The first-order chi connectivity index (χ1) is 9.18. The van der Waals surface area contributed by atoms with Crippen molar-refractivity contribution in [3.8, 4) is 0 Å². The summed E-state index contributed by atoms with van der Waals surface area (Å²) in [6.07, 6.45) is 1.75. The lowest BCUT2D eigenvalue weighted by molar-refractivity contribution is -0.145. The van der Waals surface area contributed by atoms with E-state index in [9.17, 15) is 9.59 Å². The molecule has 0 bridgehead atoms. The van der Waals surface area contributed by atoms with E-state index in [0.29, 0.717) is 13.1 Å².